The predicted octanol–water partition coefficient (Wildman–Crippen LogP) is 2.12. The second-order valence-electron chi connectivity index (χ2n) is 4.38. The summed E-state index contributed by atoms with van der Waals surface area (Å²) in [5, 5.41) is 0. The summed E-state index contributed by atoms with van der Waals surface area (Å²) in [5.41, 5.74) is 0. The normalized spacial score (nSPS) is 19.8. The Morgan fingerprint density at radius 1 is 0.889 bits per heavy atom. The lowest BCUT2D eigenvalue weighted by Crippen LogP contribution is -2.45. The topological polar surface area (TPSA) is 36.9 Å². The lowest BCUT2D eigenvalue weighted by molar-refractivity contribution is 0.373. The molecule has 6 heteroatoms. The van der Waals surface area contributed by atoms with Crippen molar-refractivity contribution in [2.45, 2.75) is 12.8 Å². The van der Waals surface area contributed by atoms with Crippen LogP contribution in [0.4, 0.5) is 0 Å². The summed E-state index contributed by atoms with van der Waals surface area (Å²) in [6.45, 7) is 0. The molecule has 0 atom stereocenters. The van der Waals surface area contributed by atoms with Crippen molar-refractivity contribution in [3.63, 3.8) is 0 Å². The van der Waals surface area contributed by atoms with Crippen molar-refractivity contribution >= 4 is 14.0 Å². The molecule has 1 aromatic rings. The molecule has 0 bridgehead atoms. The van der Waals surface area contributed by atoms with E-state index in [-0.39, 0.29) is 0 Å². The Morgan fingerprint density at radius 3 is 2.33 bits per heavy atom. The van der Waals surface area contributed by atoms with Crippen LogP contribution < -0.4 is 9.31 Å². The molecule has 1 aromatic carbocycles. The molecule has 0 N–H and O–H groups in total. The lowest BCUT2D eigenvalue weighted by Gasteiger charge is -2.08. The maximum atomic E-state index is 5.74. The quantitative estimate of drug-likeness (QED) is 0.704. The van der Waals surface area contributed by atoms with E-state index in [1.165, 1.54) is 0 Å². The number of fused-ring (bicyclic) bond motifs is 1. The monoisotopic (exact) mass is 240 g/mol. The highest BCUT2D eigenvalue weighted by molar-refractivity contribution is 7.12. The van der Waals surface area contributed by atoms with Crippen molar-refractivity contribution in [3.8, 4) is 11.5 Å². The molecule has 1 aliphatic carbocycles. The van der Waals surface area contributed by atoms with E-state index >= 15 is 0 Å². The van der Waals surface area contributed by atoms with Crippen LogP contribution >= 0.6 is 0 Å². The van der Waals surface area contributed by atoms with E-state index in [4.69, 9.17) is 18.6 Å². The van der Waals surface area contributed by atoms with Gasteiger partial charge in [-0.05, 0) is 24.6 Å². The van der Waals surface area contributed by atoms with Crippen LogP contribution in [0.3, 0.4) is 0 Å². The van der Waals surface area contributed by atoms with Crippen LogP contribution in [-0.2, 0) is 9.31 Å². The molecule has 88 valence electrons. The molecule has 18 heavy (non-hydrogen) atoms. The van der Waals surface area contributed by atoms with Gasteiger partial charge in [-0.15, -0.1) is 0 Å². The van der Waals surface area contributed by atoms with Gasteiger partial charge >= 0.3 is 14.0 Å². The molecule has 0 unspecified atom stereocenters. The fraction of sp³-hybridized carbons (Fsp3) is 0.167. The van der Waals surface area contributed by atoms with Gasteiger partial charge in [-0.2, -0.15) is 0 Å². The molecule has 4 nitrogen and oxygen atoms in total. The zero-order valence-corrected chi connectivity index (χ0v) is 9.67. The van der Waals surface area contributed by atoms with Gasteiger partial charge in [-0.1, -0.05) is 18.2 Å². The number of hydrogen-bond donors (Lipinski definition) is 0. The molecule has 0 saturated carbocycles. The average molecular weight is 240 g/mol. The molecular formula is C12H10B2O4. The Labute approximate surface area is 105 Å². The van der Waals surface area contributed by atoms with Crippen molar-refractivity contribution in [2.75, 3.05) is 0 Å². The van der Waals surface area contributed by atoms with Gasteiger partial charge in [0.1, 0.15) is 23.0 Å². The Kier molecular flexibility index (Phi) is 2.09. The van der Waals surface area contributed by atoms with Gasteiger partial charge < -0.3 is 18.6 Å². The van der Waals surface area contributed by atoms with Gasteiger partial charge in [-0.25, -0.2) is 0 Å². The molecule has 2 heterocycles. The van der Waals surface area contributed by atoms with Crippen molar-refractivity contribution in [1.82, 2.24) is 0 Å². The zero-order chi connectivity index (χ0) is 11.9. The van der Waals surface area contributed by atoms with Crippen molar-refractivity contribution in [2.24, 2.45) is 0 Å². The van der Waals surface area contributed by atoms with Gasteiger partial charge in [-0.3, -0.25) is 0 Å². The molecule has 0 fully saturated rings. The highest BCUT2D eigenvalue weighted by atomic mass is 16.7. The highest BCUT2D eigenvalue weighted by Crippen LogP contribution is 2.36. The first kappa shape index (κ1) is 10.00. The number of hydrogen-bond acceptors (Lipinski definition) is 4. The predicted molar refractivity (Wildman–Crippen MR) is 66.8 cm³/mol. The largest absolute Gasteiger partial charge is 0.658 e. The summed E-state index contributed by atoms with van der Waals surface area (Å²) < 4.78 is 22.8. The SMILES string of the molecule is C1=CC2=C(CC1)OB(B1Oc3ccccc3O1)O2. The summed E-state index contributed by atoms with van der Waals surface area (Å²) in [6.07, 6.45) is 5.89. The minimum atomic E-state index is -0.540. The van der Waals surface area contributed by atoms with Crippen molar-refractivity contribution in [3.05, 3.63) is 47.9 Å². The minimum absolute atomic E-state index is 0.523. The van der Waals surface area contributed by atoms with E-state index in [9.17, 15) is 0 Å². The third-order valence-corrected chi connectivity index (χ3v) is 3.14. The van der Waals surface area contributed by atoms with E-state index in [1.54, 1.807) is 0 Å². The third kappa shape index (κ3) is 1.49. The fourth-order valence-corrected chi connectivity index (χ4v) is 2.27. The molecule has 0 aromatic heterocycles. The maximum Gasteiger partial charge on any atom is 0.658 e. The van der Waals surface area contributed by atoms with Crippen molar-refractivity contribution in [1.29, 1.82) is 0 Å². The van der Waals surface area contributed by atoms with E-state index < -0.39 is 14.0 Å². The van der Waals surface area contributed by atoms with E-state index in [0.717, 1.165) is 35.9 Å². The van der Waals surface area contributed by atoms with Crippen LogP contribution in [0.5, 0.6) is 11.5 Å². The van der Waals surface area contributed by atoms with Gasteiger partial charge in [0.2, 0.25) is 0 Å². The van der Waals surface area contributed by atoms with Gasteiger partial charge in [0, 0.05) is 6.42 Å². The Bertz CT molecular complexity index is 530. The van der Waals surface area contributed by atoms with Crippen LogP contribution in [-0.4, -0.2) is 14.0 Å². The number of para-hydroxylation sites is 2. The lowest BCUT2D eigenvalue weighted by atomic mass is 9.49. The van der Waals surface area contributed by atoms with Crippen LogP contribution in [0.25, 0.3) is 0 Å². The summed E-state index contributed by atoms with van der Waals surface area (Å²) in [7, 11) is -1.06. The van der Waals surface area contributed by atoms with E-state index in [0.29, 0.717) is 0 Å². The fourth-order valence-electron chi connectivity index (χ4n) is 2.27. The van der Waals surface area contributed by atoms with Gasteiger partial charge in [0.05, 0.1) is 0 Å². The molecular weight excluding hydrogens is 230 g/mol. The molecule has 4 rings (SSSR count). The Morgan fingerprint density at radius 2 is 1.61 bits per heavy atom. The zero-order valence-electron chi connectivity index (χ0n) is 9.67. The summed E-state index contributed by atoms with van der Waals surface area (Å²) >= 11 is 0. The average Bonchev–Trinajstić information content (AvgIpc) is 3.02. The standard InChI is InChI=1S/C12H10B2O4/c1-2-6-10-9(5-1)15-13(16-10)14-17-11-7-3-4-8-12(11)18-14/h1-3,5-7H,4,8H2. The first-order chi connectivity index (χ1) is 8.90. The summed E-state index contributed by atoms with van der Waals surface area (Å²) in [4.78, 5) is 0. The van der Waals surface area contributed by atoms with Crippen LogP contribution in [0.2, 0.25) is 0 Å². The Balaban J connectivity index is 1.51. The van der Waals surface area contributed by atoms with Gasteiger partial charge in [0.15, 0.2) is 0 Å². The van der Waals surface area contributed by atoms with Crippen LogP contribution in [0.15, 0.2) is 47.9 Å². The van der Waals surface area contributed by atoms with E-state index in [2.05, 4.69) is 6.08 Å². The second kappa shape index (κ2) is 3.77. The molecule has 0 amide bonds. The molecule has 0 saturated heterocycles. The second-order valence-corrected chi connectivity index (χ2v) is 4.38. The molecule has 2 aliphatic heterocycles. The molecule has 0 radical (unpaired) electrons. The summed E-state index contributed by atoms with van der Waals surface area (Å²) in [5.74, 6) is 3.16. The molecule has 0 spiro atoms. The number of benzene rings is 1. The first-order valence-corrected chi connectivity index (χ1v) is 6.05. The van der Waals surface area contributed by atoms with Gasteiger partial charge in [0.25, 0.3) is 0 Å². The van der Waals surface area contributed by atoms with Crippen LogP contribution in [0, 0.1) is 0 Å². The van der Waals surface area contributed by atoms with Crippen LogP contribution in [0.1, 0.15) is 12.8 Å². The number of rotatable bonds is 1. The molecule has 3 aliphatic rings. The highest BCUT2D eigenvalue weighted by Gasteiger charge is 2.55. The maximum absolute atomic E-state index is 5.74. The van der Waals surface area contributed by atoms with Crippen molar-refractivity contribution < 1.29 is 18.6 Å². The first-order valence-electron chi connectivity index (χ1n) is 6.05. The third-order valence-electron chi connectivity index (χ3n) is 3.14. The summed E-state index contributed by atoms with van der Waals surface area (Å²) in [6, 6.07) is 7.56. The number of allylic oxidation sites excluding steroid dienone is 3. The minimum Gasteiger partial charge on any atom is -0.527 e. The van der Waals surface area contributed by atoms with E-state index in [1.807, 2.05) is 30.3 Å². The smallest absolute Gasteiger partial charge is 0.527 e. The Hall–Kier alpha value is -1.97.